The van der Waals surface area contributed by atoms with Crippen LogP contribution in [0, 0.1) is 6.92 Å². The van der Waals surface area contributed by atoms with Gasteiger partial charge in [0.2, 0.25) is 5.91 Å². The number of nitrogens with one attached hydrogen (secondary N) is 1. The molecule has 2 aromatic rings. The molecule has 0 aliphatic carbocycles. The van der Waals surface area contributed by atoms with E-state index in [-0.39, 0.29) is 23.8 Å². The summed E-state index contributed by atoms with van der Waals surface area (Å²) in [5, 5.41) is 2.86. The summed E-state index contributed by atoms with van der Waals surface area (Å²) in [4.78, 5) is 12.0. The summed E-state index contributed by atoms with van der Waals surface area (Å²) in [5.74, 6) is 0.965. The van der Waals surface area contributed by atoms with Crippen molar-refractivity contribution in [3.8, 4) is 17.2 Å². The quantitative estimate of drug-likeness (QED) is 0.480. The molecule has 1 N–H and O–H groups in total. The zero-order chi connectivity index (χ0) is 22.7. The average Bonchev–Trinajstić information content (AvgIpc) is 2.74. The summed E-state index contributed by atoms with van der Waals surface area (Å²) in [6.07, 6.45) is -2.08. The second-order valence-corrected chi connectivity index (χ2v) is 7.11. The van der Waals surface area contributed by atoms with Crippen molar-refractivity contribution in [1.82, 2.24) is 5.32 Å². The fraction of sp³-hybridized carbons (Fsp3) is 0.435. The van der Waals surface area contributed by atoms with Crippen LogP contribution in [0.2, 0.25) is 0 Å². The van der Waals surface area contributed by atoms with Gasteiger partial charge in [-0.15, -0.1) is 0 Å². The highest BCUT2D eigenvalue weighted by Crippen LogP contribution is 2.30. The van der Waals surface area contributed by atoms with Gasteiger partial charge in [-0.2, -0.15) is 13.2 Å². The largest absolute Gasteiger partial charge is 0.494 e. The van der Waals surface area contributed by atoms with E-state index in [1.165, 1.54) is 18.7 Å². The zero-order valence-corrected chi connectivity index (χ0v) is 17.8. The third-order valence-corrected chi connectivity index (χ3v) is 4.44. The van der Waals surface area contributed by atoms with Crippen molar-refractivity contribution < 1.29 is 32.2 Å². The number of ether oxygens (including phenoxy) is 3. The fourth-order valence-electron chi connectivity index (χ4n) is 2.77. The van der Waals surface area contributed by atoms with E-state index in [1.807, 2.05) is 31.2 Å². The molecule has 0 spiro atoms. The molecule has 0 aliphatic heterocycles. The van der Waals surface area contributed by atoms with Crippen molar-refractivity contribution in [2.24, 2.45) is 0 Å². The predicted octanol–water partition coefficient (Wildman–Crippen LogP) is 4.85. The number of carbonyl (C=O) groups is 1. The summed E-state index contributed by atoms with van der Waals surface area (Å²) >= 11 is 0. The number of alkyl halides is 3. The number of carbonyl (C=O) groups excluding carboxylic acids is 1. The van der Waals surface area contributed by atoms with Crippen molar-refractivity contribution in [3.63, 3.8) is 0 Å². The molecule has 0 saturated carbocycles. The second-order valence-electron chi connectivity index (χ2n) is 7.11. The Hall–Kier alpha value is -2.90. The molecule has 0 bridgehead atoms. The van der Waals surface area contributed by atoms with Gasteiger partial charge in [-0.05, 0) is 56.0 Å². The molecule has 0 atom stereocenters. The summed E-state index contributed by atoms with van der Waals surface area (Å²) in [5.41, 5.74) is 1.96. The maximum atomic E-state index is 12.3. The minimum absolute atomic E-state index is 0.0147. The number of halogens is 3. The number of amides is 1. The first-order valence-electron chi connectivity index (χ1n) is 10.1. The van der Waals surface area contributed by atoms with Crippen LogP contribution in [-0.2, 0) is 11.2 Å². The third-order valence-electron chi connectivity index (χ3n) is 4.44. The van der Waals surface area contributed by atoms with Crippen LogP contribution in [0.1, 0.15) is 30.4 Å². The first kappa shape index (κ1) is 24.4. The van der Waals surface area contributed by atoms with E-state index in [0.29, 0.717) is 19.6 Å². The van der Waals surface area contributed by atoms with Gasteiger partial charge in [0.25, 0.3) is 0 Å². The first-order valence-corrected chi connectivity index (χ1v) is 10.1. The van der Waals surface area contributed by atoms with Gasteiger partial charge in [-0.25, -0.2) is 0 Å². The highest BCUT2D eigenvalue weighted by molar-refractivity contribution is 5.76. The van der Waals surface area contributed by atoms with Crippen LogP contribution in [0.3, 0.4) is 0 Å². The van der Waals surface area contributed by atoms with Crippen LogP contribution in [0.4, 0.5) is 13.2 Å². The molecule has 0 saturated heterocycles. The number of rotatable bonds is 12. The van der Waals surface area contributed by atoms with Crippen molar-refractivity contribution in [2.45, 2.75) is 38.8 Å². The first-order chi connectivity index (χ1) is 14.8. The third kappa shape index (κ3) is 9.63. The van der Waals surface area contributed by atoms with E-state index >= 15 is 0 Å². The second kappa shape index (κ2) is 12.1. The topological polar surface area (TPSA) is 56.8 Å². The Morgan fingerprint density at radius 2 is 1.74 bits per heavy atom. The molecule has 170 valence electrons. The number of hydrogen-bond donors (Lipinski definition) is 1. The number of aryl methyl sites for hydroxylation is 2. The van der Waals surface area contributed by atoms with E-state index in [2.05, 4.69) is 5.32 Å². The van der Waals surface area contributed by atoms with Crippen LogP contribution in [0.5, 0.6) is 17.2 Å². The van der Waals surface area contributed by atoms with Crippen LogP contribution < -0.4 is 19.5 Å². The highest BCUT2D eigenvalue weighted by atomic mass is 19.4. The Morgan fingerprint density at radius 3 is 2.42 bits per heavy atom. The van der Waals surface area contributed by atoms with Gasteiger partial charge in [0.15, 0.2) is 18.1 Å². The van der Waals surface area contributed by atoms with Crippen LogP contribution in [-0.4, -0.2) is 39.0 Å². The SMILES string of the molecule is COc1cc(CCC(=O)NCCCCOc2ccc(C)cc2)ccc1OCC(F)(F)F. The summed E-state index contributed by atoms with van der Waals surface area (Å²) < 4.78 is 52.4. The molecule has 0 radical (unpaired) electrons. The number of hydrogen-bond acceptors (Lipinski definition) is 4. The average molecular weight is 439 g/mol. The zero-order valence-electron chi connectivity index (χ0n) is 17.8. The minimum Gasteiger partial charge on any atom is -0.494 e. The van der Waals surface area contributed by atoms with Gasteiger partial charge < -0.3 is 19.5 Å². The van der Waals surface area contributed by atoms with Gasteiger partial charge in [-0.3, -0.25) is 4.79 Å². The maximum absolute atomic E-state index is 12.3. The van der Waals surface area contributed by atoms with Crippen LogP contribution in [0.25, 0.3) is 0 Å². The molecule has 0 heterocycles. The molecule has 31 heavy (non-hydrogen) atoms. The van der Waals surface area contributed by atoms with Crippen LogP contribution >= 0.6 is 0 Å². The standard InChI is InChI=1S/C23H28F3NO4/c1-17-5-9-19(10-6-17)30-14-4-3-13-27-22(28)12-8-18-7-11-20(21(15-18)29-2)31-16-23(24,25)26/h5-7,9-11,15H,3-4,8,12-14,16H2,1-2H3,(H,27,28). The van der Waals surface area contributed by atoms with Gasteiger partial charge in [0.05, 0.1) is 13.7 Å². The van der Waals surface area contributed by atoms with Gasteiger partial charge >= 0.3 is 6.18 Å². The number of methoxy groups -OCH3 is 1. The van der Waals surface area contributed by atoms with Crippen molar-refractivity contribution in [1.29, 1.82) is 0 Å². The molecule has 5 nitrogen and oxygen atoms in total. The predicted molar refractivity (Wildman–Crippen MR) is 112 cm³/mol. The van der Waals surface area contributed by atoms with E-state index < -0.39 is 12.8 Å². The molecule has 1 amide bonds. The molecule has 2 aromatic carbocycles. The molecule has 0 aliphatic rings. The summed E-state index contributed by atoms with van der Waals surface area (Å²) in [6.45, 7) is 1.78. The fourth-order valence-corrected chi connectivity index (χ4v) is 2.77. The molecule has 2 rings (SSSR count). The Kier molecular flexibility index (Phi) is 9.49. The summed E-state index contributed by atoms with van der Waals surface area (Å²) in [6, 6.07) is 12.5. The normalized spacial score (nSPS) is 11.1. The maximum Gasteiger partial charge on any atom is 0.422 e. The van der Waals surface area contributed by atoms with Gasteiger partial charge in [0.1, 0.15) is 5.75 Å². The number of unbranched alkanes of at least 4 members (excludes halogenated alkanes) is 1. The van der Waals surface area contributed by atoms with Crippen molar-refractivity contribution in [3.05, 3.63) is 53.6 Å². The lowest BCUT2D eigenvalue weighted by Crippen LogP contribution is -2.25. The Bertz CT molecular complexity index is 823. The monoisotopic (exact) mass is 439 g/mol. The lowest BCUT2D eigenvalue weighted by molar-refractivity contribution is -0.153. The van der Waals surface area contributed by atoms with Gasteiger partial charge in [-0.1, -0.05) is 23.8 Å². The molecule has 8 heteroatoms. The molecular weight excluding hydrogens is 411 g/mol. The minimum atomic E-state index is -4.42. The molecule has 0 unspecified atom stereocenters. The van der Waals surface area contributed by atoms with E-state index in [4.69, 9.17) is 14.2 Å². The molecular formula is C23H28F3NO4. The van der Waals surface area contributed by atoms with Gasteiger partial charge in [0, 0.05) is 13.0 Å². The molecule has 0 fully saturated rings. The number of benzene rings is 2. The smallest absolute Gasteiger partial charge is 0.422 e. The van der Waals surface area contributed by atoms with Crippen molar-refractivity contribution in [2.75, 3.05) is 26.9 Å². The van der Waals surface area contributed by atoms with Crippen molar-refractivity contribution >= 4 is 5.91 Å². The lowest BCUT2D eigenvalue weighted by Gasteiger charge is -2.13. The highest BCUT2D eigenvalue weighted by Gasteiger charge is 2.29. The van der Waals surface area contributed by atoms with E-state index in [0.717, 1.165) is 24.2 Å². The summed E-state index contributed by atoms with van der Waals surface area (Å²) in [7, 11) is 1.36. The van der Waals surface area contributed by atoms with E-state index in [1.54, 1.807) is 12.1 Å². The Morgan fingerprint density at radius 1 is 1.00 bits per heavy atom. The Balaban J connectivity index is 1.64. The van der Waals surface area contributed by atoms with E-state index in [9.17, 15) is 18.0 Å². The van der Waals surface area contributed by atoms with Crippen LogP contribution in [0.15, 0.2) is 42.5 Å². The molecule has 0 aromatic heterocycles. The Labute approximate surface area is 180 Å². The lowest BCUT2D eigenvalue weighted by atomic mass is 10.1.